The van der Waals surface area contributed by atoms with Gasteiger partial charge in [0.25, 0.3) is 0 Å². The number of aromatic carboxylic acids is 1. The molecule has 1 aromatic carbocycles. The van der Waals surface area contributed by atoms with Crippen molar-refractivity contribution >= 4 is 35.0 Å². The first-order valence-corrected chi connectivity index (χ1v) is 9.29. The number of benzene rings is 1. The number of nitrogens with zero attached hydrogens (tertiary/aromatic N) is 4. The van der Waals surface area contributed by atoms with Crippen molar-refractivity contribution in [2.75, 3.05) is 14.1 Å². The summed E-state index contributed by atoms with van der Waals surface area (Å²) in [6.07, 6.45) is 6.40. The predicted molar refractivity (Wildman–Crippen MR) is 114 cm³/mol. The van der Waals surface area contributed by atoms with E-state index in [4.69, 9.17) is 16.7 Å². The molecule has 1 amide bonds. The van der Waals surface area contributed by atoms with Gasteiger partial charge in [-0.05, 0) is 6.07 Å². The number of rotatable bonds is 4. The van der Waals surface area contributed by atoms with Crippen LogP contribution < -0.4 is 0 Å². The van der Waals surface area contributed by atoms with Crippen LogP contribution in [0.2, 0.25) is 5.02 Å². The molecular formula is C21H17ClFN5O3. The Morgan fingerprint density at radius 1 is 1.16 bits per heavy atom. The van der Waals surface area contributed by atoms with Crippen molar-refractivity contribution in [3.8, 4) is 22.4 Å². The topological polar surface area (TPSA) is 112 Å². The number of amides is 1. The summed E-state index contributed by atoms with van der Waals surface area (Å²) in [5.74, 6) is -1.58. The van der Waals surface area contributed by atoms with Gasteiger partial charge in [-0.1, -0.05) is 29.8 Å². The van der Waals surface area contributed by atoms with Crippen molar-refractivity contribution in [1.82, 2.24) is 24.8 Å². The second-order valence-corrected chi connectivity index (χ2v) is 6.93. The molecule has 0 aliphatic carbocycles. The van der Waals surface area contributed by atoms with Gasteiger partial charge in [-0.2, -0.15) is 0 Å². The average molecular weight is 442 g/mol. The molecule has 158 valence electrons. The van der Waals surface area contributed by atoms with Gasteiger partial charge in [-0.15, -0.1) is 0 Å². The van der Waals surface area contributed by atoms with Crippen molar-refractivity contribution < 1.29 is 19.1 Å². The molecule has 0 aliphatic rings. The van der Waals surface area contributed by atoms with Gasteiger partial charge in [0, 0.05) is 48.6 Å². The third-order valence-electron chi connectivity index (χ3n) is 4.14. The number of hydrogen-bond acceptors (Lipinski definition) is 5. The van der Waals surface area contributed by atoms with Gasteiger partial charge in [0.15, 0.2) is 5.69 Å². The summed E-state index contributed by atoms with van der Waals surface area (Å²) in [6, 6.07) is 6.34. The maximum absolute atomic E-state index is 14.2. The van der Waals surface area contributed by atoms with E-state index in [2.05, 4.69) is 19.9 Å². The molecule has 0 spiro atoms. The van der Waals surface area contributed by atoms with Crippen LogP contribution in [0.1, 0.15) is 10.5 Å². The highest BCUT2D eigenvalue weighted by Gasteiger charge is 2.18. The number of carboxylic acids is 1. The second kappa shape index (κ2) is 9.31. The van der Waals surface area contributed by atoms with E-state index in [1.54, 1.807) is 38.5 Å². The number of carboxylic acid groups (broad SMARTS) is 1. The molecule has 2 N–H and O–H groups in total. The van der Waals surface area contributed by atoms with Crippen LogP contribution >= 0.6 is 11.6 Å². The van der Waals surface area contributed by atoms with E-state index in [9.17, 15) is 14.0 Å². The Hall–Kier alpha value is -3.85. The molecule has 0 fully saturated rings. The summed E-state index contributed by atoms with van der Waals surface area (Å²) < 4.78 is 14.2. The number of carbonyl (C=O) groups is 2. The van der Waals surface area contributed by atoms with E-state index < -0.39 is 5.97 Å². The SMILES string of the molecule is CN(C)C=O.O=C(O)c1cncc(-c2cnc3[nH]cc(-c4ccccc4F)c3c2Cl)n1. The highest BCUT2D eigenvalue weighted by atomic mass is 35.5. The molecule has 0 unspecified atom stereocenters. The molecule has 3 heterocycles. The number of hydrogen-bond donors (Lipinski definition) is 2. The van der Waals surface area contributed by atoms with Crippen molar-refractivity contribution in [1.29, 1.82) is 0 Å². The van der Waals surface area contributed by atoms with E-state index in [0.29, 0.717) is 27.7 Å². The number of pyridine rings is 1. The standard InChI is InChI=1S/C18H10ClFN4O2.C3H7NO/c19-16-11(13-7-21-8-14(24-13)18(25)26)6-23-17-15(16)10(5-22-17)9-3-1-2-4-12(9)20;1-4(2)3-5/h1-8H,(H,22,23)(H,25,26);3H,1-2H3. The van der Waals surface area contributed by atoms with Gasteiger partial charge in [0.1, 0.15) is 11.5 Å². The van der Waals surface area contributed by atoms with Crippen molar-refractivity contribution in [2.45, 2.75) is 0 Å². The summed E-state index contributed by atoms with van der Waals surface area (Å²) >= 11 is 6.56. The van der Waals surface area contributed by atoms with Crippen LogP contribution in [0, 0.1) is 5.82 Å². The zero-order valence-electron chi connectivity index (χ0n) is 16.5. The molecule has 0 radical (unpaired) electrons. The van der Waals surface area contributed by atoms with Crippen LogP contribution in [0.15, 0.2) is 49.1 Å². The van der Waals surface area contributed by atoms with Crippen LogP contribution in [0.3, 0.4) is 0 Å². The summed E-state index contributed by atoms with van der Waals surface area (Å²) in [7, 11) is 3.38. The van der Waals surface area contributed by atoms with E-state index in [1.807, 2.05) is 0 Å². The number of aromatic nitrogens is 4. The normalized spacial score (nSPS) is 10.3. The Bertz CT molecular complexity index is 1260. The van der Waals surface area contributed by atoms with Crippen molar-refractivity contribution in [3.63, 3.8) is 0 Å². The fourth-order valence-electron chi connectivity index (χ4n) is 2.73. The lowest BCUT2D eigenvalue weighted by Gasteiger charge is -2.07. The number of nitrogens with one attached hydrogen (secondary N) is 1. The fraction of sp³-hybridized carbons (Fsp3) is 0.0952. The molecule has 0 atom stereocenters. The minimum absolute atomic E-state index is 0.206. The van der Waals surface area contributed by atoms with E-state index in [0.717, 1.165) is 12.6 Å². The molecule has 0 bridgehead atoms. The zero-order valence-corrected chi connectivity index (χ0v) is 17.3. The third-order valence-corrected chi connectivity index (χ3v) is 4.54. The molecule has 4 aromatic rings. The molecule has 0 saturated carbocycles. The summed E-state index contributed by atoms with van der Waals surface area (Å²) in [4.78, 5) is 37.2. The van der Waals surface area contributed by atoms with Gasteiger partial charge in [-0.25, -0.2) is 19.2 Å². The summed E-state index contributed by atoms with van der Waals surface area (Å²) in [6.45, 7) is 0. The first-order chi connectivity index (χ1) is 14.8. The lowest BCUT2D eigenvalue weighted by Crippen LogP contribution is -2.06. The molecule has 3 aromatic heterocycles. The highest BCUT2D eigenvalue weighted by molar-refractivity contribution is 6.39. The molecular weight excluding hydrogens is 425 g/mol. The molecule has 31 heavy (non-hydrogen) atoms. The van der Waals surface area contributed by atoms with Gasteiger partial charge in [0.05, 0.1) is 23.1 Å². The van der Waals surface area contributed by atoms with Crippen LogP contribution in [0.25, 0.3) is 33.4 Å². The van der Waals surface area contributed by atoms with E-state index in [-0.39, 0.29) is 22.2 Å². The summed E-state index contributed by atoms with van der Waals surface area (Å²) in [5.41, 5.74) is 1.89. The second-order valence-electron chi connectivity index (χ2n) is 6.56. The smallest absolute Gasteiger partial charge is 0.356 e. The van der Waals surface area contributed by atoms with Gasteiger partial charge in [-0.3, -0.25) is 9.78 Å². The average Bonchev–Trinajstić information content (AvgIpc) is 3.19. The quantitative estimate of drug-likeness (QED) is 0.465. The molecule has 0 aliphatic heterocycles. The van der Waals surface area contributed by atoms with E-state index in [1.165, 1.54) is 23.4 Å². The van der Waals surface area contributed by atoms with Crippen molar-refractivity contribution in [3.05, 3.63) is 65.6 Å². The minimum Gasteiger partial charge on any atom is -0.476 e. The third kappa shape index (κ3) is 4.67. The highest BCUT2D eigenvalue weighted by Crippen LogP contribution is 2.38. The first kappa shape index (κ1) is 21.8. The zero-order chi connectivity index (χ0) is 22.5. The Labute approximate surface area is 181 Å². The number of halogens is 2. The maximum Gasteiger partial charge on any atom is 0.356 e. The lowest BCUT2D eigenvalue weighted by molar-refractivity contribution is -0.115. The fourth-order valence-corrected chi connectivity index (χ4v) is 3.06. The number of fused-ring (bicyclic) bond motifs is 1. The first-order valence-electron chi connectivity index (χ1n) is 8.91. The molecule has 4 rings (SSSR count). The monoisotopic (exact) mass is 441 g/mol. The Kier molecular flexibility index (Phi) is 6.56. The number of H-pyrrole nitrogens is 1. The summed E-state index contributed by atoms with van der Waals surface area (Å²) in [5, 5.41) is 9.90. The minimum atomic E-state index is -1.20. The molecule has 0 saturated heterocycles. The maximum atomic E-state index is 14.2. The van der Waals surface area contributed by atoms with Crippen LogP contribution in [-0.4, -0.2) is 56.4 Å². The predicted octanol–water partition coefficient (Wildman–Crippen LogP) is 3.88. The van der Waals surface area contributed by atoms with Crippen LogP contribution in [0.4, 0.5) is 4.39 Å². The largest absolute Gasteiger partial charge is 0.476 e. The lowest BCUT2D eigenvalue weighted by atomic mass is 10.0. The van der Waals surface area contributed by atoms with Gasteiger partial charge >= 0.3 is 5.97 Å². The Morgan fingerprint density at radius 2 is 1.87 bits per heavy atom. The number of carbonyl (C=O) groups excluding carboxylic acids is 1. The Morgan fingerprint density at radius 3 is 2.52 bits per heavy atom. The van der Waals surface area contributed by atoms with Crippen molar-refractivity contribution in [2.24, 2.45) is 0 Å². The molecule has 10 heteroatoms. The van der Waals surface area contributed by atoms with Gasteiger partial charge in [0.2, 0.25) is 6.41 Å². The van der Waals surface area contributed by atoms with E-state index >= 15 is 0 Å². The van der Waals surface area contributed by atoms with Gasteiger partial charge < -0.3 is 15.0 Å². The molecule has 8 nitrogen and oxygen atoms in total. The number of aromatic amines is 1. The Balaban J connectivity index is 0.000000491. The van der Waals surface area contributed by atoms with Crippen LogP contribution in [0.5, 0.6) is 0 Å². The van der Waals surface area contributed by atoms with Crippen LogP contribution in [-0.2, 0) is 4.79 Å².